The highest BCUT2D eigenvalue weighted by atomic mass is 16.5. The monoisotopic (exact) mass is 393 g/mol. The molecule has 152 valence electrons. The average Bonchev–Trinajstić information content (AvgIpc) is 2.74. The van der Waals surface area contributed by atoms with Crippen LogP contribution in [-0.2, 0) is 0 Å². The molecule has 6 heteroatoms. The van der Waals surface area contributed by atoms with Gasteiger partial charge in [0.2, 0.25) is 0 Å². The van der Waals surface area contributed by atoms with Gasteiger partial charge in [-0.15, -0.1) is 0 Å². The molecule has 2 amide bonds. The van der Waals surface area contributed by atoms with Crippen molar-refractivity contribution >= 4 is 17.5 Å². The van der Waals surface area contributed by atoms with Crippen LogP contribution in [0.4, 0.5) is 5.69 Å². The topological polar surface area (TPSA) is 61.9 Å². The van der Waals surface area contributed by atoms with Gasteiger partial charge < -0.3 is 19.9 Å². The van der Waals surface area contributed by atoms with E-state index in [2.05, 4.69) is 23.2 Å². The van der Waals surface area contributed by atoms with E-state index in [1.54, 1.807) is 13.2 Å². The lowest BCUT2D eigenvalue weighted by Gasteiger charge is -2.52. The molecular formula is C23H27N3O3. The van der Waals surface area contributed by atoms with E-state index in [1.807, 2.05) is 42.2 Å². The number of aryl methyl sites for hydroxylation is 1. The lowest BCUT2D eigenvalue weighted by atomic mass is 9.89. The van der Waals surface area contributed by atoms with Gasteiger partial charge in [0, 0.05) is 38.0 Å². The zero-order valence-electron chi connectivity index (χ0n) is 17.2. The number of anilines is 1. The highest BCUT2D eigenvalue weighted by Gasteiger charge is 2.45. The molecule has 29 heavy (non-hydrogen) atoms. The fraction of sp³-hybridized carbons (Fsp3) is 0.391. The van der Waals surface area contributed by atoms with Gasteiger partial charge in [-0.1, -0.05) is 17.7 Å². The Bertz CT molecular complexity index is 948. The van der Waals surface area contributed by atoms with Crippen LogP contribution >= 0.6 is 0 Å². The first-order valence-corrected chi connectivity index (χ1v) is 10.1. The number of amides is 2. The Hall–Kier alpha value is -3.02. The summed E-state index contributed by atoms with van der Waals surface area (Å²) in [6.45, 7) is 6.08. The molecule has 0 unspecified atom stereocenters. The number of nitrogens with one attached hydrogen (secondary N) is 1. The van der Waals surface area contributed by atoms with Crippen molar-refractivity contribution in [3.63, 3.8) is 0 Å². The minimum atomic E-state index is -0.445. The molecule has 0 saturated carbocycles. The molecule has 1 spiro atoms. The molecule has 2 aliphatic rings. The van der Waals surface area contributed by atoms with E-state index in [0.29, 0.717) is 37.2 Å². The molecule has 0 aliphatic carbocycles. The molecule has 2 aromatic rings. The first-order valence-electron chi connectivity index (χ1n) is 10.1. The third-order valence-electron chi connectivity index (χ3n) is 6.06. The van der Waals surface area contributed by atoms with E-state index in [-0.39, 0.29) is 11.8 Å². The van der Waals surface area contributed by atoms with Crippen molar-refractivity contribution < 1.29 is 14.3 Å². The number of fused-ring (bicyclic) bond motifs is 1. The van der Waals surface area contributed by atoms with Crippen molar-refractivity contribution in [3.05, 3.63) is 59.2 Å². The number of likely N-dealkylation sites (tertiary alicyclic amines) is 1. The SMILES string of the molecule is CCN1c2ccc(C)cc2C(=O)NC12CCN(C(=O)c1cccc(OC)c1)CC2. The van der Waals surface area contributed by atoms with Crippen molar-refractivity contribution in [1.29, 1.82) is 0 Å². The van der Waals surface area contributed by atoms with Gasteiger partial charge in [0.05, 0.1) is 18.4 Å². The number of carbonyl (C=O) groups excluding carboxylic acids is 2. The summed E-state index contributed by atoms with van der Waals surface area (Å²) in [4.78, 5) is 30.0. The minimum absolute atomic E-state index is 0.0000376. The van der Waals surface area contributed by atoms with Gasteiger partial charge in [0.1, 0.15) is 11.4 Å². The predicted molar refractivity (Wildman–Crippen MR) is 113 cm³/mol. The number of nitrogens with zero attached hydrogens (tertiary/aromatic N) is 2. The van der Waals surface area contributed by atoms with Gasteiger partial charge in [-0.3, -0.25) is 9.59 Å². The summed E-state index contributed by atoms with van der Waals surface area (Å²) >= 11 is 0. The maximum Gasteiger partial charge on any atom is 0.255 e. The molecule has 1 fully saturated rings. The Morgan fingerprint density at radius 1 is 1.17 bits per heavy atom. The molecule has 2 aliphatic heterocycles. The number of benzene rings is 2. The van der Waals surface area contributed by atoms with Crippen LogP contribution in [0.5, 0.6) is 5.75 Å². The van der Waals surface area contributed by atoms with E-state index >= 15 is 0 Å². The average molecular weight is 393 g/mol. The summed E-state index contributed by atoms with van der Waals surface area (Å²) in [6, 6.07) is 13.3. The molecule has 0 atom stereocenters. The third-order valence-corrected chi connectivity index (χ3v) is 6.06. The maximum absolute atomic E-state index is 13.0. The standard InChI is InChI=1S/C23H27N3O3/c1-4-26-20-9-8-16(2)14-19(20)21(27)24-23(26)10-12-25(13-11-23)22(28)17-6-5-7-18(15-17)29-3/h5-9,14-15H,4,10-13H2,1-3H3,(H,24,27). The Morgan fingerprint density at radius 2 is 1.93 bits per heavy atom. The molecule has 1 saturated heterocycles. The quantitative estimate of drug-likeness (QED) is 0.870. The van der Waals surface area contributed by atoms with Crippen LogP contribution in [0.15, 0.2) is 42.5 Å². The lowest BCUT2D eigenvalue weighted by Crippen LogP contribution is -2.68. The van der Waals surface area contributed by atoms with E-state index in [1.165, 1.54) is 0 Å². The predicted octanol–water partition coefficient (Wildman–Crippen LogP) is 3.21. The molecule has 2 aromatic carbocycles. The van der Waals surface area contributed by atoms with Crippen molar-refractivity contribution in [2.24, 2.45) is 0 Å². The molecule has 4 rings (SSSR count). The smallest absolute Gasteiger partial charge is 0.255 e. The van der Waals surface area contributed by atoms with Crippen molar-refractivity contribution in [3.8, 4) is 5.75 Å². The van der Waals surface area contributed by atoms with E-state index in [4.69, 9.17) is 4.74 Å². The summed E-state index contributed by atoms with van der Waals surface area (Å²) < 4.78 is 5.24. The third kappa shape index (κ3) is 3.33. The molecule has 2 heterocycles. The van der Waals surface area contributed by atoms with Crippen LogP contribution in [0.3, 0.4) is 0 Å². The molecule has 1 N–H and O–H groups in total. The van der Waals surface area contributed by atoms with Crippen molar-refractivity contribution in [2.75, 3.05) is 31.6 Å². The van der Waals surface area contributed by atoms with Crippen LogP contribution in [0.25, 0.3) is 0 Å². The highest BCUT2D eigenvalue weighted by molar-refractivity contribution is 6.03. The molecule has 0 aromatic heterocycles. The summed E-state index contributed by atoms with van der Waals surface area (Å²) in [7, 11) is 1.60. The largest absolute Gasteiger partial charge is 0.497 e. The van der Waals surface area contributed by atoms with Crippen LogP contribution in [0.2, 0.25) is 0 Å². The van der Waals surface area contributed by atoms with Gasteiger partial charge in [-0.25, -0.2) is 0 Å². The fourth-order valence-electron chi connectivity index (χ4n) is 4.53. The van der Waals surface area contributed by atoms with Gasteiger partial charge >= 0.3 is 0 Å². The summed E-state index contributed by atoms with van der Waals surface area (Å²) in [5.41, 5.74) is 2.96. The Morgan fingerprint density at radius 3 is 2.62 bits per heavy atom. The van der Waals surface area contributed by atoms with Crippen molar-refractivity contribution in [2.45, 2.75) is 32.4 Å². The number of ether oxygens (including phenoxy) is 1. The molecule has 0 radical (unpaired) electrons. The second-order valence-electron chi connectivity index (χ2n) is 7.77. The van der Waals surface area contributed by atoms with Crippen LogP contribution in [0.1, 0.15) is 46.0 Å². The van der Waals surface area contributed by atoms with E-state index < -0.39 is 5.66 Å². The van der Waals surface area contributed by atoms with Crippen LogP contribution < -0.4 is 15.0 Å². The van der Waals surface area contributed by atoms with Crippen molar-refractivity contribution in [1.82, 2.24) is 10.2 Å². The zero-order chi connectivity index (χ0) is 20.6. The van der Waals surface area contributed by atoms with Gasteiger partial charge in [0.25, 0.3) is 11.8 Å². The van der Waals surface area contributed by atoms with Gasteiger partial charge in [-0.05, 0) is 44.2 Å². The normalized spacial score (nSPS) is 17.7. The second kappa shape index (κ2) is 7.43. The fourth-order valence-corrected chi connectivity index (χ4v) is 4.53. The first-order chi connectivity index (χ1) is 14.0. The summed E-state index contributed by atoms with van der Waals surface area (Å²) in [5.74, 6) is 0.647. The number of piperidine rings is 1. The van der Waals surface area contributed by atoms with Crippen LogP contribution in [0, 0.1) is 6.92 Å². The highest BCUT2D eigenvalue weighted by Crippen LogP contribution is 2.37. The summed E-state index contributed by atoms with van der Waals surface area (Å²) in [6.07, 6.45) is 1.38. The number of hydrogen-bond acceptors (Lipinski definition) is 4. The Balaban J connectivity index is 1.55. The molecule has 0 bridgehead atoms. The Labute approximate surface area is 171 Å². The number of hydrogen-bond donors (Lipinski definition) is 1. The summed E-state index contributed by atoms with van der Waals surface area (Å²) in [5, 5.41) is 3.26. The van der Waals surface area contributed by atoms with E-state index in [0.717, 1.165) is 23.4 Å². The number of carbonyl (C=O) groups is 2. The number of rotatable bonds is 3. The maximum atomic E-state index is 13.0. The Kier molecular flexibility index (Phi) is 4.94. The van der Waals surface area contributed by atoms with Crippen LogP contribution in [-0.4, -0.2) is 49.1 Å². The molecular weight excluding hydrogens is 366 g/mol. The number of methoxy groups -OCH3 is 1. The van der Waals surface area contributed by atoms with Gasteiger partial charge in [0.15, 0.2) is 0 Å². The van der Waals surface area contributed by atoms with Gasteiger partial charge in [-0.2, -0.15) is 0 Å². The minimum Gasteiger partial charge on any atom is -0.497 e. The first kappa shape index (κ1) is 19.3. The van der Waals surface area contributed by atoms with E-state index in [9.17, 15) is 9.59 Å². The lowest BCUT2D eigenvalue weighted by molar-refractivity contribution is 0.0603. The molecule has 6 nitrogen and oxygen atoms in total. The zero-order valence-corrected chi connectivity index (χ0v) is 17.2. The second-order valence-corrected chi connectivity index (χ2v) is 7.77.